The third kappa shape index (κ3) is 3.72. The monoisotopic (exact) mass is 310 g/mol. The van der Waals surface area contributed by atoms with Crippen molar-refractivity contribution in [2.45, 2.75) is 4.90 Å². The van der Waals surface area contributed by atoms with Crippen LogP contribution in [-0.4, -0.2) is 19.7 Å². The topological polar surface area (TPSA) is 78.8 Å². The fourth-order valence-electron chi connectivity index (χ4n) is 1.40. The zero-order valence-electron chi connectivity index (χ0n) is 10.2. The van der Waals surface area contributed by atoms with Crippen LogP contribution in [0.1, 0.15) is 5.56 Å². The Bertz CT molecular complexity index is 710. The molecule has 5 nitrogen and oxygen atoms in total. The van der Waals surface area contributed by atoms with Crippen molar-refractivity contribution in [2.24, 2.45) is 5.10 Å². The molecule has 7 heteroatoms. The van der Waals surface area contributed by atoms with E-state index in [4.69, 9.17) is 16.7 Å². The normalized spacial score (nSPS) is 11.7. The van der Waals surface area contributed by atoms with Gasteiger partial charge in [0.2, 0.25) is 0 Å². The summed E-state index contributed by atoms with van der Waals surface area (Å²) in [6.07, 6.45) is 1.34. The summed E-state index contributed by atoms with van der Waals surface area (Å²) in [6, 6.07) is 11.9. The molecule has 0 saturated heterocycles. The number of rotatable bonds is 4. The van der Waals surface area contributed by atoms with Crippen LogP contribution in [0, 0.1) is 0 Å². The molecule has 0 bridgehead atoms. The molecule has 20 heavy (non-hydrogen) atoms. The highest BCUT2D eigenvalue weighted by atomic mass is 35.5. The second kappa shape index (κ2) is 5.94. The molecule has 0 aromatic heterocycles. The molecule has 0 atom stereocenters. The molecule has 2 aromatic carbocycles. The zero-order chi connectivity index (χ0) is 14.6. The SMILES string of the molecule is O=S(=O)(N/N=C\c1ccc(O)cc1)c1ccc(Cl)cc1. The molecular formula is C13H11ClN2O3S. The summed E-state index contributed by atoms with van der Waals surface area (Å²) < 4.78 is 23.8. The van der Waals surface area contributed by atoms with Crippen molar-refractivity contribution in [3.05, 3.63) is 59.1 Å². The van der Waals surface area contributed by atoms with Gasteiger partial charge in [0.25, 0.3) is 10.0 Å². The lowest BCUT2D eigenvalue weighted by atomic mass is 10.2. The minimum atomic E-state index is -3.71. The maximum Gasteiger partial charge on any atom is 0.276 e. The minimum absolute atomic E-state index is 0.0738. The number of phenols is 1. The maximum atomic E-state index is 11.9. The molecular weight excluding hydrogens is 300 g/mol. The first kappa shape index (κ1) is 14.4. The zero-order valence-corrected chi connectivity index (χ0v) is 11.8. The fourth-order valence-corrected chi connectivity index (χ4v) is 2.31. The smallest absolute Gasteiger partial charge is 0.276 e. The van der Waals surface area contributed by atoms with E-state index < -0.39 is 10.0 Å². The summed E-state index contributed by atoms with van der Waals surface area (Å²) in [4.78, 5) is 2.17. The van der Waals surface area contributed by atoms with E-state index in [9.17, 15) is 8.42 Å². The number of nitrogens with zero attached hydrogens (tertiary/aromatic N) is 1. The van der Waals surface area contributed by atoms with Crippen LogP contribution in [0.2, 0.25) is 5.02 Å². The molecule has 0 heterocycles. The highest BCUT2D eigenvalue weighted by molar-refractivity contribution is 7.89. The molecule has 0 radical (unpaired) electrons. The summed E-state index contributed by atoms with van der Waals surface area (Å²) in [5, 5.41) is 13.2. The average Bonchev–Trinajstić information content (AvgIpc) is 2.41. The van der Waals surface area contributed by atoms with Gasteiger partial charge >= 0.3 is 0 Å². The summed E-state index contributed by atoms with van der Waals surface area (Å²) in [7, 11) is -3.71. The second-order valence-electron chi connectivity index (χ2n) is 3.90. The number of nitrogens with one attached hydrogen (secondary N) is 1. The number of benzene rings is 2. The first-order valence-electron chi connectivity index (χ1n) is 5.57. The van der Waals surface area contributed by atoms with Crippen molar-refractivity contribution < 1.29 is 13.5 Å². The molecule has 2 N–H and O–H groups in total. The van der Waals surface area contributed by atoms with Crippen LogP contribution < -0.4 is 4.83 Å². The molecule has 0 saturated carbocycles. The van der Waals surface area contributed by atoms with Crippen LogP contribution in [-0.2, 0) is 10.0 Å². The van der Waals surface area contributed by atoms with Crippen molar-refractivity contribution in [1.82, 2.24) is 4.83 Å². The lowest BCUT2D eigenvalue weighted by Gasteiger charge is -2.03. The predicted octanol–water partition coefficient (Wildman–Crippen LogP) is 2.36. The first-order chi connectivity index (χ1) is 9.47. The van der Waals surface area contributed by atoms with E-state index in [0.717, 1.165) is 0 Å². The van der Waals surface area contributed by atoms with Gasteiger partial charge in [-0.1, -0.05) is 11.6 Å². The van der Waals surface area contributed by atoms with Crippen molar-refractivity contribution in [1.29, 1.82) is 0 Å². The molecule has 104 valence electrons. The van der Waals surface area contributed by atoms with E-state index in [1.54, 1.807) is 12.1 Å². The van der Waals surface area contributed by atoms with Crippen LogP contribution in [0.3, 0.4) is 0 Å². The lowest BCUT2D eigenvalue weighted by Crippen LogP contribution is -2.18. The van der Waals surface area contributed by atoms with Crippen LogP contribution in [0.25, 0.3) is 0 Å². The Balaban J connectivity index is 2.09. The van der Waals surface area contributed by atoms with Crippen molar-refractivity contribution >= 4 is 27.8 Å². The molecule has 0 aliphatic carbocycles. The summed E-state index contributed by atoms with van der Waals surface area (Å²) >= 11 is 5.69. The van der Waals surface area contributed by atoms with Gasteiger partial charge in [0, 0.05) is 5.02 Å². The lowest BCUT2D eigenvalue weighted by molar-refractivity contribution is 0.475. The number of sulfonamides is 1. The van der Waals surface area contributed by atoms with Gasteiger partial charge in [0.05, 0.1) is 11.1 Å². The van der Waals surface area contributed by atoms with Gasteiger partial charge in [0.1, 0.15) is 5.75 Å². The van der Waals surface area contributed by atoms with E-state index in [2.05, 4.69) is 9.93 Å². The van der Waals surface area contributed by atoms with Gasteiger partial charge in [-0.15, -0.1) is 0 Å². The van der Waals surface area contributed by atoms with Crippen LogP contribution in [0.5, 0.6) is 5.75 Å². The Hall–Kier alpha value is -2.05. The van der Waals surface area contributed by atoms with Crippen LogP contribution >= 0.6 is 11.6 Å². The molecule has 2 aromatic rings. The van der Waals surface area contributed by atoms with E-state index >= 15 is 0 Å². The van der Waals surface area contributed by atoms with Crippen molar-refractivity contribution in [2.75, 3.05) is 0 Å². The predicted molar refractivity (Wildman–Crippen MR) is 77.5 cm³/mol. The minimum Gasteiger partial charge on any atom is -0.508 e. The van der Waals surface area contributed by atoms with Gasteiger partial charge in [-0.2, -0.15) is 13.5 Å². The van der Waals surface area contributed by atoms with Crippen molar-refractivity contribution in [3.63, 3.8) is 0 Å². The Morgan fingerprint density at radius 2 is 1.65 bits per heavy atom. The second-order valence-corrected chi connectivity index (χ2v) is 6.00. The molecule has 0 spiro atoms. The van der Waals surface area contributed by atoms with E-state index in [-0.39, 0.29) is 10.6 Å². The quantitative estimate of drug-likeness (QED) is 0.672. The van der Waals surface area contributed by atoms with E-state index in [1.807, 2.05) is 0 Å². The summed E-state index contributed by atoms with van der Waals surface area (Å²) in [5.41, 5.74) is 0.654. The Morgan fingerprint density at radius 3 is 2.25 bits per heavy atom. The van der Waals surface area contributed by atoms with Crippen LogP contribution in [0.4, 0.5) is 0 Å². The Morgan fingerprint density at radius 1 is 1.05 bits per heavy atom. The number of aromatic hydroxyl groups is 1. The Kier molecular flexibility index (Phi) is 4.26. The highest BCUT2D eigenvalue weighted by Crippen LogP contribution is 2.13. The molecule has 0 aliphatic rings. The number of hydrogen-bond donors (Lipinski definition) is 2. The molecule has 0 aliphatic heterocycles. The van der Waals surface area contributed by atoms with E-state index in [0.29, 0.717) is 10.6 Å². The fraction of sp³-hybridized carbons (Fsp3) is 0. The largest absolute Gasteiger partial charge is 0.508 e. The van der Waals surface area contributed by atoms with Gasteiger partial charge in [-0.25, -0.2) is 4.83 Å². The van der Waals surface area contributed by atoms with Gasteiger partial charge in [0.15, 0.2) is 0 Å². The average molecular weight is 311 g/mol. The summed E-state index contributed by atoms with van der Waals surface area (Å²) in [6.45, 7) is 0. The highest BCUT2D eigenvalue weighted by Gasteiger charge is 2.11. The van der Waals surface area contributed by atoms with Crippen molar-refractivity contribution in [3.8, 4) is 5.75 Å². The third-order valence-corrected chi connectivity index (χ3v) is 3.89. The number of hydrazone groups is 1. The number of phenolic OH excluding ortho intramolecular Hbond substituents is 1. The molecule has 0 fully saturated rings. The molecule has 0 unspecified atom stereocenters. The van der Waals surface area contributed by atoms with Gasteiger partial charge in [-0.05, 0) is 54.1 Å². The third-order valence-electron chi connectivity index (χ3n) is 2.40. The van der Waals surface area contributed by atoms with Gasteiger partial charge in [-0.3, -0.25) is 0 Å². The van der Waals surface area contributed by atoms with Gasteiger partial charge < -0.3 is 5.11 Å². The number of hydrogen-bond acceptors (Lipinski definition) is 4. The number of halogens is 1. The van der Waals surface area contributed by atoms with E-state index in [1.165, 1.54) is 42.6 Å². The molecule has 0 amide bonds. The standard InChI is InChI=1S/C13H11ClN2O3S/c14-11-3-7-13(8-4-11)20(18,19)16-15-9-10-1-5-12(17)6-2-10/h1-9,16-17H/b15-9-. The first-order valence-corrected chi connectivity index (χ1v) is 7.43. The molecule has 2 rings (SSSR count). The summed E-state index contributed by atoms with van der Waals surface area (Å²) in [5.74, 6) is 0.129. The maximum absolute atomic E-state index is 11.9. The Labute approximate surface area is 121 Å². The van der Waals surface area contributed by atoms with Crippen LogP contribution in [0.15, 0.2) is 58.5 Å².